The van der Waals surface area contributed by atoms with Crippen molar-refractivity contribution in [1.29, 1.82) is 0 Å². The fourth-order valence-electron chi connectivity index (χ4n) is 1.31. The van der Waals surface area contributed by atoms with Crippen molar-refractivity contribution < 1.29 is 4.52 Å². The van der Waals surface area contributed by atoms with Gasteiger partial charge in [0, 0.05) is 18.3 Å². The summed E-state index contributed by atoms with van der Waals surface area (Å²) in [4.78, 5) is 5.38. The van der Waals surface area contributed by atoms with Gasteiger partial charge in [-0.25, -0.2) is 0 Å². The molecule has 2 aromatic heterocycles. The molecule has 0 radical (unpaired) electrons. The number of halogens is 1. The molecule has 0 bridgehead atoms. The minimum Gasteiger partial charge on any atom is -0.340 e. The molecule has 16 heavy (non-hydrogen) atoms. The van der Waals surface area contributed by atoms with Crippen LogP contribution in [0.2, 0.25) is 4.34 Å². The normalized spacial score (nSPS) is 10.9. The summed E-state index contributed by atoms with van der Waals surface area (Å²) in [5.74, 6) is 1.29. The Labute approximate surface area is 103 Å². The molecule has 0 saturated heterocycles. The Morgan fingerprint density at radius 2 is 2.38 bits per heavy atom. The second-order valence-corrected chi connectivity index (χ2v) is 5.16. The second kappa shape index (κ2) is 5.43. The molecule has 0 aliphatic heterocycles. The Morgan fingerprint density at radius 1 is 1.50 bits per heavy atom. The van der Waals surface area contributed by atoms with E-state index in [1.54, 1.807) is 18.3 Å². The molecule has 0 atom stereocenters. The maximum atomic E-state index is 5.84. The summed E-state index contributed by atoms with van der Waals surface area (Å²) in [5, 5.41) is 7.05. The Balaban J connectivity index is 1.69. The van der Waals surface area contributed by atoms with Crippen LogP contribution in [0.5, 0.6) is 0 Å². The van der Waals surface area contributed by atoms with Gasteiger partial charge < -0.3 is 9.84 Å². The van der Waals surface area contributed by atoms with Gasteiger partial charge >= 0.3 is 0 Å². The van der Waals surface area contributed by atoms with Gasteiger partial charge in [0.2, 0.25) is 5.89 Å². The molecule has 4 nitrogen and oxygen atoms in total. The van der Waals surface area contributed by atoms with Crippen LogP contribution in [0.15, 0.2) is 16.7 Å². The average Bonchev–Trinajstić information content (AvgIpc) is 2.83. The molecule has 0 fully saturated rings. The third kappa shape index (κ3) is 3.30. The van der Waals surface area contributed by atoms with Crippen LogP contribution in [-0.4, -0.2) is 16.7 Å². The van der Waals surface area contributed by atoms with E-state index in [2.05, 4.69) is 15.5 Å². The highest BCUT2D eigenvalue weighted by Gasteiger charge is 2.01. The number of hydrogen-bond donors (Lipinski definition) is 1. The van der Waals surface area contributed by atoms with E-state index in [1.807, 2.05) is 12.1 Å². The minimum absolute atomic E-state index is 0.599. The Morgan fingerprint density at radius 3 is 3.00 bits per heavy atom. The van der Waals surface area contributed by atoms with Crippen molar-refractivity contribution in [3.8, 4) is 0 Å². The summed E-state index contributed by atoms with van der Waals surface area (Å²) in [6.07, 6.45) is 0.966. The number of nitrogens with one attached hydrogen (secondary N) is 1. The van der Waals surface area contributed by atoms with Crippen molar-refractivity contribution >= 4 is 22.9 Å². The lowest BCUT2D eigenvalue weighted by molar-refractivity contribution is 0.385. The van der Waals surface area contributed by atoms with Gasteiger partial charge in [-0.3, -0.25) is 0 Å². The molecule has 1 N–H and O–H groups in total. The Hall–Kier alpha value is -0.910. The zero-order valence-electron chi connectivity index (χ0n) is 8.86. The topological polar surface area (TPSA) is 51.0 Å². The van der Waals surface area contributed by atoms with Gasteiger partial charge in [0.1, 0.15) is 0 Å². The van der Waals surface area contributed by atoms with E-state index in [0.717, 1.165) is 17.3 Å². The smallest absolute Gasteiger partial charge is 0.223 e. The molecule has 0 aliphatic carbocycles. The molecule has 2 heterocycles. The monoisotopic (exact) mass is 257 g/mol. The van der Waals surface area contributed by atoms with E-state index in [1.165, 1.54) is 4.88 Å². The van der Waals surface area contributed by atoms with Crippen LogP contribution in [0, 0.1) is 6.92 Å². The maximum Gasteiger partial charge on any atom is 0.223 e. The van der Waals surface area contributed by atoms with Crippen LogP contribution < -0.4 is 5.32 Å². The lowest BCUT2D eigenvalue weighted by Crippen LogP contribution is -2.17. The first kappa shape index (κ1) is 11.6. The summed E-state index contributed by atoms with van der Waals surface area (Å²) in [7, 11) is 0. The van der Waals surface area contributed by atoms with Crippen molar-refractivity contribution in [2.75, 3.05) is 6.54 Å². The fraction of sp³-hybridized carbons (Fsp3) is 0.400. The fourth-order valence-corrected chi connectivity index (χ4v) is 2.40. The highest BCUT2D eigenvalue weighted by molar-refractivity contribution is 7.16. The average molecular weight is 258 g/mol. The maximum absolute atomic E-state index is 5.84. The molecular formula is C10H12ClN3OS. The zero-order chi connectivity index (χ0) is 11.4. The predicted octanol–water partition coefficient (Wildman–Crippen LogP) is 2.43. The van der Waals surface area contributed by atoms with Crippen molar-refractivity contribution in [3.05, 3.63) is 33.1 Å². The van der Waals surface area contributed by atoms with Crippen LogP contribution in [-0.2, 0) is 13.0 Å². The summed E-state index contributed by atoms with van der Waals surface area (Å²) in [6, 6.07) is 3.97. The number of aromatic nitrogens is 2. The first-order valence-electron chi connectivity index (χ1n) is 4.98. The summed E-state index contributed by atoms with van der Waals surface area (Å²) in [6.45, 7) is 3.30. The predicted molar refractivity (Wildman–Crippen MR) is 63.8 cm³/mol. The van der Waals surface area contributed by atoms with Crippen molar-refractivity contribution in [2.45, 2.75) is 19.9 Å². The van der Waals surface area contributed by atoms with Gasteiger partial charge in [-0.15, -0.1) is 11.3 Å². The Bertz CT molecular complexity index is 412. The second-order valence-electron chi connectivity index (χ2n) is 3.36. The molecule has 2 rings (SSSR count). The van der Waals surface area contributed by atoms with Crippen LogP contribution >= 0.6 is 22.9 Å². The van der Waals surface area contributed by atoms with Crippen LogP contribution in [0.3, 0.4) is 0 Å². The first-order chi connectivity index (χ1) is 7.74. The van der Waals surface area contributed by atoms with Gasteiger partial charge in [-0.05, 0) is 18.6 Å². The highest BCUT2D eigenvalue weighted by atomic mass is 35.5. The van der Waals surface area contributed by atoms with Crippen LogP contribution in [0.25, 0.3) is 0 Å². The van der Waals surface area contributed by atoms with Gasteiger partial charge in [0.05, 0.1) is 10.9 Å². The molecule has 2 aromatic rings. The number of hydrogen-bond acceptors (Lipinski definition) is 5. The number of thiophene rings is 1. The van der Waals surface area contributed by atoms with Crippen LogP contribution in [0.1, 0.15) is 16.6 Å². The van der Waals surface area contributed by atoms with Crippen molar-refractivity contribution in [1.82, 2.24) is 15.5 Å². The summed E-state index contributed by atoms with van der Waals surface area (Å²) < 4.78 is 5.70. The molecule has 0 unspecified atom stereocenters. The highest BCUT2D eigenvalue weighted by Crippen LogP contribution is 2.21. The SMILES string of the molecule is Cc1nc(CNCCc2ccc(Cl)s2)no1. The lowest BCUT2D eigenvalue weighted by Gasteiger charge is -1.99. The van der Waals surface area contributed by atoms with E-state index in [-0.39, 0.29) is 0 Å². The van der Waals surface area contributed by atoms with Gasteiger partial charge in [0.15, 0.2) is 5.82 Å². The van der Waals surface area contributed by atoms with E-state index >= 15 is 0 Å². The Kier molecular flexibility index (Phi) is 3.93. The summed E-state index contributed by atoms with van der Waals surface area (Å²) >= 11 is 7.45. The summed E-state index contributed by atoms with van der Waals surface area (Å²) in [5.41, 5.74) is 0. The molecule has 0 spiro atoms. The van der Waals surface area contributed by atoms with Crippen molar-refractivity contribution in [3.63, 3.8) is 0 Å². The van der Waals surface area contributed by atoms with Gasteiger partial charge in [-0.2, -0.15) is 4.98 Å². The number of rotatable bonds is 5. The molecule has 0 aliphatic rings. The lowest BCUT2D eigenvalue weighted by atomic mass is 10.3. The quantitative estimate of drug-likeness (QED) is 0.836. The van der Waals surface area contributed by atoms with Gasteiger partial charge in [0.25, 0.3) is 0 Å². The molecule has 86 valence electrons. The van der Waals surface area contributed by atoms with E-state index in [4.69, 9.17) is 16.1 Å². The molecule has 0 amide bonds. The third-order valence-corrected chi connectivity index (χ3v) is 3.32. The van der Waals surface area contributed by atoms with E-state index in [9.17, 15) is 0 Å². The van der Waals surface area contributed by atoms with Crippen LogP contribution in [0.4, 0.5) is 0 Å². The molecule has 0 saturated carbocycles. The first-order valence-corrected chi connectivity index (χ1v) is 6.17. The molecule has 6 heteroatoms. The number of nitrogens with zero attached hydrogens (tertiary/aromatic N) is 2. The van der Waals surface area contributed by atoms with E-state index in [0.29, 0.717) is 18.3 Å². The zero-order valence-corrected chi connectivity index (χ0v) is 10.4. The number of aryl methyl sites for hydroxylation is 1. The standard InChI is InChI=1S/C10H12ClN3OS/c1-7-13-10(14-15-7)6-12-5-4-8-2-3-9(11)16-8/h2-3,12H,4-6H2,1H3. The third-order valence-electron chi connectivity index (χ3n) is 2.03. The van der Waals surface area contributed by atoms with E-state index < -0.39 is 0 Å². The molecular weight excluding hydrogens is 246 g/mol. The molecule has 0 aromatic carbocycles. The minimum atomic E-state index is 0.599. The van der Waals surface area contributed by atoms with Gasteiger partial charge in [-0.1, -0.05) is 16.8 Å². The van der Waals surface area contributed by atoms with Crippen molar-refractivity contribution in [2.24, 2.45) is 0 Å². The largest absolute Gasteiger partial charge is 0.340 e.